The van der Waals surface area contributed by atoms with Crippen molar-refractivity contribution in [2.75, 3.05) is 9.80 Å². The Bertz CT molecular complexity index is 3220. The zero-order valence-corrected chi connectivity index (χ0v) is 47.2. The number of aryl methyl sites for hydroxylation is 2. The molecule has 0 aromatic heterocycles. The Morgan fingerprint density at radius 2 is 0.789 bits per heavy atom. The number of fused-ring (bicyclic) bond motifs is 7. The molecule has 0 amide bonds. The summed E-state index contributed by atoms with van der Waals surface area (Å²) in [5.74, 6) is 0. The Morgan fingerprint density at radius 1 is 0.380 bits per heavy atom. The summed E-state index contributed by atoms with van der Waals surface area (Å²) in [6, 6.07) is 39.9. The van der Waals surface area contributed by atoms with E-state index in [1.165, 1.54) is 137 Å². The van der Waals surface area contributed by atoms with Gasteiger partial charge in [0.25, 0.3) is 6.71 Å². The highest BCUT2D eigenvalue weighted by molar-refractivity contribution is 7.00. The van der Waals surface area contributed by atoms with Crippen LogP contribution in [0.25, 0.3) is 0 Å². The molecular weight excluding hydrogens is 856 g/mol. The Labute approximate surface area is 430 Å². The molecule has 2 heterocycles. The number of rotatable bonds is 4. The van der Waals surface area contributed by atoms with Crippen molar-refractivity contribution in [2.24, 2.45) is 0 Å². The fourth-order valence-corrected chi connectivity index (χ4v) is 14.7. The van der Waals surface area contributed by atoms with E-state index in [0.717, 1.165) is 6.42 Å². The normalized spacial score (nSPS) is 20.4. The first-order valence-corrected chi connectivity index (χ1v) is 27.3. The molecule has 0 saturated heterocycles. The molecule has 5 aliphatic rings. The molecule has 71 heavy (non-hydrogen) atoms. The second kappa shape index (κ2) is 15.0. The van der Waals surface area contributed by atoms with Gasteiger partial charge in [-0.25, -0.2) is 0 Å². The Morgan fingerprint density at radius 3 is 1.28 bits per heavy atom. The largest absolute Gasteiger partial charge is 0.311 e. The van der Waals surface area contributed by atoms with Gasteiger partial charge in [0.1, 0.15) is 0 Å². The summed E-state index contributed by atoms with van der Waals surface area (Å²) >= 11 is 0. The predicted molar refractivity (Wildman–Crippen MR) is 308 cm³/mol. The number of benzene rings is 6. The van der Waals surface area contributed by atoms with Gasteiger partial charge in [0.15, 0.2) is 0 Å². The van der Waals surface area contributed by atoms with Gasteiger partial charge >= 0.3 is 0 Å². The standard InChI is InChI=1S/C68H83BN2/c1-41-31-46-49(64(10,11)29-27-62(46,6)7)37-55(41)70-54-26-25-44(68(18,19)43-23-21-20-22-24-43)33-52(54)69-53-36-48-50(65(12,13)30-28-63(48,8)9)39-57(53)71(59-35-45(61(3,4)5)34-58(70)60(59)69)56-38-51-47(32-42(56)2)66(14,15)40-67(51,16)17/h20-26,31-39H,27-30,40H2,1-19H3. The van der Waals surface area contributed by atoms with Gasteiger partial charge in [-0.1, -0.05) is 178 Å². The third kappa shape index (κ3) is 7.14. The SMILES string of the molecule is Cc1cc2c(cc1N1c3ccc(C(C)(C)c4ccccc4)cc3B3c4cc5c(cc4N(c4cc6c(cc4C)C(C)(C)CC6(C)C)c4cc(C(C)(C)C)cc1c43)C(C)(C)CCC5(C)C)C(C)(C)CCC2(C)C. The van der Waals surface area contributed by atoms with Gasteiger partial charge in [0, 0.05) is 39.5 Å². The molecule has 0 unspecified atom stereocenters. The number of anilines is 6. The van der Waals surface area contributed by atoms with Gasteiger partial charge in [-0.2, -0.15) is 0 Å². The van der Waals surface area contributed by atoms with Crippen LogP contribution in [0, 0.1) is 13.8 Å². The third-order valence-electron chi connectivity index (χ3n) is 19.5. The molecule has 3 heteroatoms. The maximum Gasteiger partial charge on any atom is 0.252 e. The molecule has 0 bridgehead atoms. The van der Waals surface area contributed by atoms with E-state index in [2.05, 4.69) is 238 Å². The topological polar surface area (TPSA) is 6.48 Å². The van der Waals surface area contributed by atoms with Crippen LogP contribution in [-0.2, 0) is 43.3 Å². The van der Waals surface area contributed by atoms with Crippen LogP contribution >= 0.6 is 0 Å². The first-order valence-electron chi connectivity index (χ1n) is 27.3. The minimum Gasteiger partial charge on any atom is -0.311 e. The summed E-state index contributed by atoms with van der Waals surface area (Å²) in [6.45, 7) is 46.7. The van der Waals surface area contributed by atoms with E-state index in [0.29, 0.717) is 0 Å². The second-order valence-electron chi connectivity index (χ2n) is 28.9. The van der Waals surface area contributed by atoms with Crippen LogP contribution in [-0.4, -0.2) is 6.71 Å². The minimum absolute atomic E-state index is 0.0163. The lowest BCUT2D eigenvalue weighted by Crippen LogP contribution is -2.62. The number of hydrogen-bond donors (Lipinski definition) is 0. The van der Waals surface area contributed by atoms with Crippen molar-refractivity contribution < 1.29 is 0 Å². The summed E-state index contributed by atoms with van der Waals surface area (Å²) in [7, 11) is 0. The molecule has 0 N–H and O–H groups in total. The van der Waals surface area contributed by atoms with Crippen LogP contribution in [0.3, 0.4) is 0 Å². The second-order valence-corrected chi connectivity index (χ2v) is 28.9. The van der Waals surface area contributed by atoms with Crippen molar-refractivity contribution in [3.05, 3.63) is 158 Å². The summed E-state index contributed by atoms with van der Waals surface area (Å²) < 4.78 is 0. The molecule has 368 valence electrons. The summed E-state index contributed by atoms with van der Waals surface area (Å²) in [5, 5.41) is 0. The molecule has 2 nitrogen and oxygen atoms in total. The first kappa shape index (κ1) is 48.3. The van der Waals surface area contributed by atoms with Crippen molar-refractivity contribution in [3.8, 4) is 0 Å². The van der Waals surface area contributed by atoms with Crippen molar-refractivity contribution in [1.82, 2.24) is 0 Å². The predicted octanol–water partition coefficient (Wildman–Crippen LogP) is 16.7. The molecule has 0 radical (unpaired) electrons. The average Bonchev–Trinajstić information content (AvgIpc) is 3.47. The van der Waals surface area contributed by atoms with Crippen molar-refractivity contribution in [2.45, 2.75) is 207 Å². The van der Waals surface area contributed by atoms with Gasteiger partial charge in [0.2, 0.25) is 0 Å². The molecule has 3 aliphatic carbocycles. The lowest BCUT2D eigenvalue weighted by atomic mass is 9.32. The van der Waals surface area contributed by atoms with Crippen molar-refractivity contribution >= 4 is 57.2 Å². The van der Waals surface area contributed by atoms with Crippen LogP contribution < -0.4 is 26.2 Å². The van der Waals surface area contributed by atoms with E-state index in [1.807, 2.05) is 0 Å². The molecule has 0 fully saturated rings. The van der Waals surface area contributed by atoms with Crippen LogP contribution in [0.2, 0.25) is 0 Å². The Hall–Kier alpha value is -5.02. The third-order valence-corrected chi connectivity index (χ3v) is 19.5. The van der Waals surface area contributed by atoms with Crippen LogP contribution in [0.15, 0.2) is 97.1 Å². The maximum atomic E-state index is 2.78. The Kier molecular flexibility index (Phi) is 10.2. The smallest absolute Gasteiger partial charge is 0.252 e. The lowest BCUT2D eigenvalue weighted by Gasteiger charge is -2.49. The molecule has 0 spiro atoms. The zero-order chi connectivity index (χ0) is 51.1. The van der Waals surface area contributed by atoms with E-state index >= 15 is 0 Å². The van der Waals surface area contributed by atoms with Gasteiger partial charge < -0.3 is 9.80 Å². The van der Waals surface area contributed by atoms with Crippen molar-refractivity contribution in [3.63, 3.8) is 0 Å². The summed E-state index contributed by atoms with van der Waals surface area (Å²) in [4.78, 5) is 5.52. The quantitative estimate of drug-likeness (QED) is 0.162. The molecule has 6 aromatic rings. The van der Waals surface area contributed by atoms with E-state index in [4.69, 9.17) is 0 Å². The average molecular weight is 939 g/mol. The molecule has 6 aromatic carbocycles. The maximum absolute atomic E-state index is 2.78. The molecule has 0 atom stereocenters. The van der Waals surface area contributed by atoms with Crippen molar-refractivity contribution in [1.29, 1.82) is 0 Å². The highest BCUT2D eigenvalue weighted by Gasteiger charge is 2.50. The molecule has 11 rings (SSSR count). The molecule has 2 aliphatic heterocycles. The Balaban J connectivity index is 1.30. The fourth-order valence-electron chi connectivity index (χ4n) is 14.7. The van der Waals surface area contributed by atoms with Crippen LogP contribution in [0.4, 0.5) is 34.1 Å². The van der Waals surface area contributed by atoms with Gasteiger partial charge in [-0.05, 0) is 198 Å². The van der Waals surface area contributed by atoms with Gasteiger partial charge in [0.05, 0.1) is 0 Å². The molecule has 0 saturated carbocycles. The lowest BCUT2D eigenvalue weighted by molar-refractivity contribution is 0.332. The highest BCUT2D eigenvalue weighted by atomic mass is 15.2. The van der Waals surface area contributed by atoms with Crippen LogP contribution in [0.5, 0.6) is 0 Å². The summed E-state index contributed by atoms with van der Waals surface area (Å²) in [6.07, 6.45) is 5.87. The monoisotopic (exact) mass is 939 g/mol. The minimum atomic E-state index is -0.217. The van der Waals surface area contributed by atoms with E-state index < -0.39 is 0 Å². The van der Waals surface area contributed by atoms with E-state index in [-0.39, 0.29) is 50.0 Å². The first-order chi connectivity index (χ1) is 32.9. The zero-order valence-electron chi connectivity index (χ0n) is 47.2. The van der Waals surface area contributed by atoms with E-state index in [9.17, 15) is 0 Å². The van der Waals surface area contributed by atoms with E-state index in [1.54, 1.807) is 0 Å². The summed E-state index contributed by atoms with van der Waals surface area (Å²) in [5.41, 5.74) is 28.1. The fraction of sp³-hybridized carbons (Fsp3) is 0.471. The van der Waals surface area contributed by atoms with Gasteiger partial charge in [-0.3, -0.25) is 0 Å². The van der Waals surface area contributed by atoms with Crippen LogP contribution in [0.1, 0.15) is 211 Å². The number of nitrogens with zero attached hydrogens (tertiary/aromatic N) is 2. The highest BCUT2D eigenvalue weighted by Crippen LogP contribution is 2.56. The van der Waals surface area contributed by atoms with Gasteiger partial charge in [-0.15, -0.1) is 0 Å². The molecular formula is C68H83BN2. The number of hydrogen-bond acceptors (Lipinski definition) is 2.